The van der Waals surface area contributed by atoms with Gasteiger partial charge in [-0.3, -0.25) is 4.79 Å². The van der Waals surface area contributed by atoms with Gasteiger partial charge in [0.1, 0.15) is 0 Å². The summed E-state index contributed by atoms with van der Waals surface area (Å²) >= 11 is 0. The number of benzene rings is 1. The van der Waals surface area contributed by atoms with E-state index in [4.69, 9.17) is 0 Å². The van der Waals surface area contributed by atoms with Gasteiger partial charge in [0.15, 0.2) is 0 Å². The van der Waals surface area contributed by atoms with Gasteiger partial charge in [0.05, 0.1) is 5.41 Å². The molecule has 2 aliphatic rings. The van der Waals surface area contributed by atoms with E-state index in [1.165, 1.54) is 12.1 Å². The Balaban J connectivity index is 1.87. The van der Waals surface area contributed by atoms with Crippen molar-refractivity contribution in [3.8, 4) is 0 Å². The van der Waals surface area contributed by atoms with Crippen LogP contribution in [0.2, 0.25) is 0 Å². The fourth-order valence-electron chi connectivity index (χ4n) is 6.80. The molecule has 1 N–H and O–H groups in total. The first-order chi connectivity index (χ1) is 22.0. The monoisotopic (exact) mass is 746 g/mol. The highest BCUT2D eigenvalue weighted by Crippen LogP contribution is 2.65. The van der Waals surface area contributed by atoms with Crippen LogP contribution in [-0.4, -0.2) is 58.7 Å². The van der Waals surface area contributed by atoms with Crippen molar-refractivity contribution in [3.63, 3.8) is 0 Å². The normalized spacial score (nSPS) is 25.7. The summed E-state index contributed by atoms with van der Waals surface area (Å²) in [5.41, 5.74) is -1.32. The second kappa shape index (κ2) is 12.9. The van der Waals surface area contributed by atoms with E-state index in [-0.39, 0.29) is 11.5 Å². The third kappa shape index (κ3) is 6.24. The molecule has 282 valence electrons. The van der Waals surface area contributed by atoms with E-state index >= 15 is 0 Å². The molecule has 0 heterocycles. The lowest BCUT2D eigenvalue weighted by atomic mass is 9.64. The Labute approximate surface area is 268 Å². The minimum Gasteiger partial charge on any atom is -0.481 e. The first-order valence-electron chi connectivity index (χ1n) is 15.1. The van der Waals surface area contributed by atoms with Crippen LogP contribution < -0.4 is 0 Å². The first-order valence-corrected chi connectivity index (χ1v) is 15.1. The van der Waals surface area contributed by atoms with E-state index in [1.807, 2.05) is 0 Å². The molecular weight excluding hydrogens is 715 g/mol. The van der Waals surface area contributed by atoms with Crippen molar-refractivity contribution in [3.05, 3.63) is 35.4 Å². The molecule has 0 amide bonds. The molecule has 49 heavy (non-hydrogen) atoms. The van der Waals surface area contributed by atoms with Crippen molar-refractivity contribution >= 4 is 5.97 Å². The Morgan fingerprint density at radius 2 is 1.04 bits per heavy atom. The maximum Gasteiger partial charge on any atom is 0.460 e. The molecule has 2 fully saturated rings. The highest BCUT2D eigenvalue weighted by Gasteiger charge is 2.95. The van der Waals surface area contributed by atoms with Gasteiger partial charge in [0.25, 0.3) is 0 Å². The summed E-state index contributed by atoms with van der Waals surface area (Å²) < 4.78 is 234. The average Bonchev–Trinajstić information content (AvgIpc) is 3.00. The van der Waals surface area contributed by atoms with Crippen LogP contribution in [0.15, 0.2) is 24.3 Å². The van der Waals surface area contributed by atoms with Crippen LogP contribution in [0.3, 0.4) is 0 Å². The summed E-state index contributed by atoms with van der Waals surface area (Å²) in [7, 11) is 0. The molecule has 2 nitrogen and oxygen atoms in total. The van der Waals surface area contributed by atoms with Crippen molar-refractivity contribution < 1.29 is 84.5 Å². The number of carbonyl (C=O) groups is 1. The Morgan fingerprint density at radius 1 is 0.633 bits per heavy atom. The summed E-state index contributed by atoms with van der Waals surface area (Å²) in [4.78, 5) is 12.3. The molecule has 0 aliphatic heterocycles. The van der Waals surface area contributed by atoms with Crippen LogP contribution >= 0.6 is 0 Å². The van der Waals surface area contributed by atoms with Crippen molar-refractivity contribution in [1.82, 2.24) is 0 Å². The number of rotatable bonds is 12. The van der Waals surface area contributed by atoms with Gasteiger partial charge in [0.2, 0.25) is 0 Å². The van der Waals surface area contributed by atoms with Gasteiger partial charge >= 0.3 is 53.6 Å². The summed E-state index contributed by atoms with van der Waals surface area (Å²) in [6.45, 7) is 2.06. The lowest BCUT2D eigenvalue weighted by molar-refractivity contribution is -0.463. The number of alkyl halides is 17. The predicted molar refractivity (Wildman–Crippen MR) is 138 cm³/mol. The summed E-state index contributed by atoms with van der Waals surface area (Å²) in [6.07, 6.45) is -7.14. The molecular formula is C30H31F17O2. The van der Waals surface area contributed by atoms with Crippen LogP contribution in [0.25, 0.3) is 0 Å². The quantitative estimate of drug-likeness (QED) is 0.216. The Morgan fingerprint density at radius 3 is 1.43 bits per heavy atom. The number of carboxylic acid groups (broad SMARTS) is 1. The second-order valence-electron chi connectivity index (χ2n) is 12.9. The maximum atomic E-state index is 14.9. The number of halogens is 17. The lowest BCUT2D eigenvalue weighted by Crippen LogP contribution is -2.75. The van der Waals surface area contributed by atoms with Crippen LogP contribution in [0.5, 0.6) is 0 Å². The standard InChI is InChI=1S/C30H31F17O2/c1-2-3-16-4-6-17(7-5-16)18-8-10-19(11-9-18)22(21(48)49)14-12-20(13-15-22)23(31,32)24(33,34)25(35,36)26(37,38)27(39,40)28(41,42)29(43,44)30(45,46)47/h8-11,16-17,20H,2-7,12-15H2,1H3,(H,48,49). The minimum absolute atomic E-state index is 0.0266. The molecule has 19 heteroatoms. The number of carboxylic acids is 1. The molecule has 3 rings (SSSR count). The highest BCUT2D eigenvalue weighted by atomic mass is 19.4. The van der Waals surface area contributed by atoms with E-state index in [1.54, 1.807) is 12.1 Å². The number of aliphatic carboxylic acids is 1. The summed E-state index contributed by atoms with van der Waals surface area (Å²) in [5, 5.41) is 9.96. The zero-order chi connectivity index (χ0) is 37.9. The molecule has 0 spiro atoms. The van der Waals surface area contributed by atoms with Crippen molar-refractivity contribution in [2.24, 2.45) is 11.8 Å². The largest absolute Gasteiger partial charge is 0.481 e. The molecule has 1 aromatic rings. The highest BCUT2D eigenvalue weighted by molar-refractivity contribution is 5.81. The fourth-order valence-corrected chi connectivity index (χ4v) is 6.80. The molecule has 0 bridgehead atoms. The van der Waals surface area contributed by atoms with Crippen LogP contribution in [-0.2, 0) is 10.2 Å². The third-order valence-electron chi connectivity index (χ3n) is 9.99. The van der Waals surface area contributed by atoms with Crippen LogP contribution in [0.1, 0.15) is 88.2 Å². The van der Waals surface area contributed by atoms with Crippen molar-refractivity contribution in [2.75, 3.05) is 0 Å². The van der Waals surface area contributed by atoms with Gasteiger partial charge < -0.3 is 5.11 Å². The van der Waals surface area contributed by atoms with Gasteiger partial charge in [-0.1, -0.05) is 44.0 Å². The third-order valence-corrected chi connectivity index (χ3v) is 9.99. The fraction of sp³-hybridized carbons (Fsp3) is 0.767. The topological polar surface area (TPSA) is 37.3 Å². The molecule has 2 aliphatic carbocycles. The van der Waals surface area contributed by atoms with E-state index in [0.717, 1.165) is 44.1 Å². The average molecular weight is 747 g/mol. The first kappa shape index (κ1) is 40.9. The van der Waals surface area contributed by atoms with E-state index < -0.39 is 90.6 Å². The molecule has 0 aromatic heterocycles. The molecule has 0 saturated heterocycles. The van der Waals surface area contributed by atoms with Crippen LogP contribution in [0.4, 0.5) is 74.6 Å². The molecule has 1 aromatic carbocycles. The zero-order valence-corrected chi connectivity index (χ0v) is 25.4. The molecule has 2 saturated carbocycles. The summed E-state index contributed by atoms with van der Waals surface area (Å²) in [6, 6.07) is 5.81. The van der Waals surface area contributed by atoms with E-state index in [0.29, 0.717) is 5.92 Å². The second-order valence-corrected chi connectivity index (χ2v) is 12.9. The van der Waals surface area contributed by atoms with Crippen molar-refractivity contribution in [1.29, 1.82) is 0 Å². The summed E-state index contributed by atoms with van der Waals surface area (Å²) in [5.74, 6) is -61.0. The maximum absolute atomic E-state index is 14.9. The SMILES string of the molecule is CCCC1CCC(c2ccc(C3(C(=O)O)CCC(C(F)(F)C(F)(F)C(F)(F)C(F)(F)C(F)(F)C(F)(F)C(F)(F)C(F)(F)F)CC3)cc2)CC1. The van der Waals surface area contributed by atoms with Gasteiger partial charge in [0, 0.05) is 5.92 Å². The van der Waals surface area contributed by atoms with Gasteiger partial charge in [-0.05, 0) is 74.3 Å². The predicted octanol–water partition coefficient (Wildman–Crippen LogP) is 11.3. The van der Waals surface area contributed by atoms with E-state index in [2.05, 4.69) is 6.92 Å². The Bertz CT molecular complexity index is 1300. The number of hydrogen-bond acceptors (Lipinski definition) is 1. The minimum atomic E-state index is -8.69. The zero-order valence-electron chi connectivity index (χ0n) is 25.4. The van der Waals surface area contributed by atoms with Gasteiger partial charge in [-0.15, -0.1) is 0 Å². The Kier molecular flexibility index (Phi) is 10.8. The lowest BCUT2D eigenvalue weighted by Gasteiger charge is -2.46. The Hall–Kier alpha value is -2.50. The smallest absolute Gasteiger partial charge is 0.460 e. The molecule has 0 unspecified atom stereocenters. The molecule has 0 radical (unpaired) electrons. The van der Waals surface area contributed by atoms with E-state index in [9.17, 15) is 84.5 Å². The van der Waals surface area contributed by atoms with Crippen molar-refractivity contribution in [2.45, 2.75) is 130 Å². The van der Waals surface area contributed by atoms with Gasteiger partial charge in [-0.2, -0.15) is 74.6 Å². The van der Waals surface area contributed by atoms with Gasteiger partial charge in [-0.25, -0.2) is 0 Å². The molecule has 0 atom stereocenters. The number of hydrogen-bond donors (Lipinski definition) is 1. The van der Waals surface area contributed by atoms with Crippen LogP contribution in [0, 0.1) is 11.8 Å².